The molecule has 2 aromatic rings. The van der Waals surface area contributed by atoms with Crippen LogP contribution in [0.25, 0.3) is 11.3 Å². The molecule has 0 saturated heterocycles. The number of rotatable bonds is 3. The molecule has 92 valence electrons. The smallest absolute Gasteiger partial charge is 0.332 e. The van der Waals surface area contributed by atoms with Gasteiger partial charge in [-0.25, -0.2) is 14.6 Å². The number of urea groups is 1. The second-order valence-corrected chi connectivity index (χ2v) is 3.44. The molecule has 2 amide bonds. The van der Waals surface area contributed by atoms with E-state index < -0.39 is 6.03 Å². The minimum Gasteiger partial charge on any atom is -0.455 e. The Balaban J connectivity index is 2.12. The predicted octanol–water partition coefficient (Wildman–Crippen LogP) is 2.09. The minimum atomic E-state index is -0.753. The van der Waals surface area contributed by atoms with Crippen molar-refractivity contribution in [3.05, 3.63) is 48.0 Å². The highest BCUT2D eigenvalue weighted by atomic mass is 19.1. The maximum absolute atomic E-state index is 12.7. The average Bonchev–Trinajstić information content (AvgIpc) is 2.78. The summed E-state index contributed by atoms with van der Waals surface area (Å²) in [7, 11) is 0. The standard InChI is InChI=1S/C12H10FN3O2/c13-9-3-1-8(2-4-9)11-6-5-10(18-11)7-15-16-12(14)17/h1-7H,(H3,14,16,17)/b15-7+. The minimum absolute atomic E-state index is 0.308. The first-order chi connectivity index (χ1) is 8.65. The molecule has 0 aliphatic heterocycles. The first kappa shape index (κ1) is 11.8. The van der Waals surface area contributed by atoms with Crippen molar-refractivity contribution in [3.8, 4) is 11.3 Å². The number of amides is 2. The van der Waals surface area contributed by atoms with Crippen LogP contribution in [0.3, 0.4) is 0 Å². The number of carbonyl (C=O) groups excluding carboxylic acids is 1. The first-order valence-corrected chi connectivity index (χ1v) is 5.09. The van der Waals surface area contributed by atoms with Gasteiger partial charge in [0, 0.05) is 5.56 Å². The van der Waals surface area contributed by atoms with Crippen LogP contribution in [0.15, 0.2) is 45.9 Å². The normalized spacial score (nSPS) is 10.7. The molecule has 6 heteroatoms. The third-order valence-corrected chi connectivity index (χ3v) is 2.12. The van der Waals surface area contributed by atoms with Gasteiger partial charge in [0.1, 0.15) is 17.3 Å². The second kappa shape index (κ2) is 5.13. The number of hydrogen-bond acceptors (Lipinski definition) is 3. The summed E-state index contributed by atoms with van der Waals surface area (Å²) >= 11 is 0. The highest BCUT2D eigenvalue weighted by Crippen LogP contribution is 2.21. The zero-order chi connectivity index (χ0) is 13.0. The summed E-state index contributed by atoms with van der Waals surface area (Å²) in [5.41, 5.74) is 7.64. The van der Waals surface area contributed by atoms with Gasteiger partial charge in [-0.3, -0.25) is 0 Å². The van der Waals surface area contributed by atoms with E-state index in [9.17, 15) is 9.18 Å². The Bertz CT molecular complexity index is 575. The highest BCUT2D eigenvalue weighted by molar-refractivity contribution is 5.79. The summed E-state index contributed by atoms with van der Waals surface area (Å²) in [4.78, 5) is 10.4. The van der Waals surface area contributed by atoms with Gasteiger partial charge in [0.2, 0.25) is 0 Å². The molecule has 0 radical (unpaired) electrons. The molecule has 5 nitrogen and oxygen atoms in total. The number of nitrogens with two attached hydrogens (primary N) is 1. The summed E-state index contributed by atoms with van der Waals surface area (Å²) in [5.74, 6) is 0.719. The maximum Gasteiger partial charge on any atom is 0.332 e. The fourth-order valence-corrected chi connectivity index (χ4v) is 1.35. The molecule has 0 fully saturated rings. The van der Waals surface area contributed by atoms with Crippen molar-refractivity contribution in [1.82, 2.24) is 5.43 Å². The molecule has 1 aromatic heterocycles. The Morgan fingerprint density at radius 1 is 1.28 bits per heavy atom. The Labute approximate surface area is 102 Å². The lowest BCUT2D eigenvalue weighted by molar-refractivity contribution is 0.249. The van der Waals surface area contributed by atoms with Crippen molar-refractivity contribution >= 4 is 12.2 Å². The van der Waals surface area contributed by atoms with Gasteiger partial charge in [0.15, 0.2) is 0 Å². The van der Waals surface area contributed by atoms with E-state index in [1.165, 1.54) is 18.3 Å². The monoisotopic (exact) mass is 247 g/mol. The van der Waals surface area contributed by atoms with Crippen molar-refractivity contribution in [1.29, 1.82) is 0 Å². The highest BCUT2D eigenvalue weighted by Gasteiger charge is 2.03. The molecular weight excluding hydrogens is 237 g/mol. The van der Waals surface area contributed by atoms with Gasteiger partial charge in [-0.05, 0) is 36.4 Å². The van der Waals surface area contributed by atoms with Crippen LogP contribution in [-0.2, 0) is 0 Å². The molecule has 1 heterocycles. The molecule has 0 unspecified atom stereocenters. The van der Waals surface area contributed by atoms with E-state index in [0.717, 1.165) is 5.56 Å². The van der Waals surface area contributed by atoms with Crippen molar-refractivity contribution in [2.45, 2.75) is 0 Å². The van der Waals surface area contributed by atoms with Crippen molar-refractivity contribution in [3.63, 3.8) is 0 Å². The van der Waals surface area contributed by atoms with Crippen molar-refractivity contribution in [2.75, 3.05) is 0 Å². The van der Waals surface area contributed by atoms with Crippen LogP contribution >= 0.6 is 0 Å². The number of benzene rings is 1. The molecule has 0 atom stereocenters. The molecule has 3 N–H and O–H groups in total. The van der Waals surface area contributed by atoms with Gasteiger partial charge in [-0.15, -0.1) is 0 Å². The lowest BCUT2D eigenvalue weighted by atomic mass is 10.2. The van der Waals surface area contributed by atoms with E-state index in [-0.39, 0.29) is 5.82 Å². The number of carbonyl (C=O) groups is 1. The summed E-state index contributed by atoms with van der Waals surface area (Å²) < 4.78 is 18.2. The average molecular weight is 247 g/mol. The zero-order valence-electron chi connectivity index (χ0n) is 9.26. The van der Waals surface area contributed by atoms with Crippen LogP contribution in [-0.4, -0.2) is 12.2 Å². The van der Waals surface area contributed by atoms with Crippen LogP contribution in [0, 0.1) is 5.82 Å². The van der Waals surface area contributed by atoms with E-state index in [4.69, 9.17) is 10.2 Å². The third kappa shape index (κ3) is 2.94. The van der Waals surface area contributed by atoms with Crippen LogP contribution in [0.2, 0.25) is 0 Å². The zero-order valence-corrected chi connectivity index (χ0v) is 9.26. The number of nitrogens with one attached hydrogen (secondary N) is 1. The Kier molecular flexibility index (Phi) is 3.38. The van der Waals surface area contributed by atoms with E-state index in [1.54, 1.807) is 24.3 Å². The fourth-order valence-electron chi connectivity index (χ4n) is 1.35. The molecule has 2 rings (SSSR count). The largest absolute Gasteiger partial charge is 0.455 e. The lowest BCUT2D eigenvalue weighted by Gasteiger charge is -1.95. The predicted molar refractivity (Wildman–Crippen MR) is 64.4 cm³/mol. The maximum atomic E-state index is 12.7. The van der Waals surface area contributed by atoms with Gasteiger partial charge in [-0.2, -0.15) is 5.10 Å². The molecule has 18 heavy (non-hydrogen) atoms. The Morgan fingerprint density at radius 2 is 2.00 bits per heavy atom. The number of primary amides is 1. The molecular formula is C12H10FN3O2. The summed E-state index contributed by atoms with van der Waals surface area (Å²) in [5, 5.41) is 3.56. The number of furan rings is 1. The van der Waals surface area contributed by atoms with Crippen LogP contribution < -0.4 is 11.2 Å². The fraction of sp³-hybridized carbons (Fsp3) is 0. The summed E-state index contributed by atoms with van der Waals surface area (Å²) in [6.07, 6.45) is 1.32. The Morgan fingerprint density at radius 3 is 2.67 bits per heavy atom. The molecule has 0 aliphatic carbocycles. The van der Waals surface area contributed by atoms with E-state index in [1.807, 2.05) is 5.43 Å². The van der Waals surface area contributed by atoms with E-state index in [0.29, 0.717) is 11.5 Å². The Hall–Kier alpha value is -2.63. The van der Waals surface area contributed by atoms with Gasteiger partial charge in [-0.1, -0.05) is 0 Å². The van der Waals surface area contributed by atoms with E-state index in [2.05, 4.69) is 5.10 Å². The number of nitrogens with zero attached hydrogens (tertiary/aromatic N) is 1. The molecule has 0 saturated carbocycles. The van der Waals surface area contributed by atoms with Gasteiger partial charge in [0.05, 0.1) is 6.21 Å². The molecule has 1 aromatic carbocycles. The number of halogens is 1. The van der Waals surface area contributed by atoms with Crippen molar-refractivity contribution in [2.24, 2.45) is 10.8 Å². The third-order valence-electron chi connectivity index (χ3n) is 2.12. The molecule has 0 spiro atoms. The second-order valence-electron chi connectivity index (χ2n) is 3.44. The summed E-state index contributed by atoms with van der Waals surface area (Å²) in [6.45, 7) is 0. The molecule has 0 bridgehead atoms. The van der Waals surface area contributed by atoms with Gasteiger partial charge >= 0.3 is 6.03 Å². The van der Waals surface area contributed by atoms with Crippen LogP contribution in [0.1, 0.15) is 5.76 Å². The van der Waals surface area contributed by atoms with Crippen molar-refractivity contribution < 1.29 is 13.6 Å². The number of hydrogen-bond donors (Lipinski definition) is 2. The van der Waals surface area contributed by atoms with Crippen LogP contribution in [0.4, 0.5) is 9.18 Å². The first-order valence-electron chi connectivity index (χ1n) is 5.09. The van der Waals surface area contributed by atoms with Crippen LogP contribution in [0.5, 0.6) is 0 Å². The van der Waals surface area contributed by atoms with Gasteiger partial charge < -0.3 is 10.2 Å². The summed E-state index contributed by atoms with van der Waals surface area (Å²) in [6, 6.07) is 8.55. The number of hydrazone groups is 1. The van der Waals surface area contributed by atoms with Gasteiger partial charge in [0.25, 0.3) is 0 Å². The lowest BCUT2D eigenvalue weighted by Crippen LogP contribution is -2.24. The SMILES string of the molecule is NC(=O)N/N=C/c1ccc(-c2ccc(F)cc2)o1. The topological polar surface area (TPSA) is 80.6 Å². The molecule has 0 aliphatic rings. The quantitative estimate of drug-likeness (QED) is 0.643. The van der Waals surface area contributed by atoms with E-state index >= 15 is 0 Å².